The standard InChI is InChI=1S/C17H20N4O3/c1-3-10-18-17-19-11-9-14(21-17)15(22)20-13-7-5-12(6-8-13)16(23)24-4-2/h5-9,11H,3-4,10H2,1-2H3,(H,20,22)(H,18,19,21). The predicted octanol–water partition coefficient (Wildman–Crippen LogP) is 2.73. The first-order chi connectivity index (χ1) is 11.6. The van der Waals surface area contributed by atoms with Crippen molar-refractivity contribution in [2.45, 2.75) is 20.3 Å². The Labute approximate surface area is 140 Å². The second-order valence-corrected chi connectivity index (χ2v) is 4.94. The Hall–Kier alpha value is -2.96. The molecule has 0 fully saturated rings. The summed E-state index contributed by atoms with van der Waals surface area (Å²) in [5, 5.41) is 5.76. The molecular weight excluding hydrogens is 308 g/mol. The number of carbonyl (C=O) groups is 2. The van der Waals surface area contributed by atoms with E-state index in [0.29, 0.717) is 23.8 Å². The van der Waals surface area contributed by atoms with Crippen LogP contribution in [0, 0.1) is 0 Å². The number of rotatable bonds is 7. The molecule has 24 heavy (non-hydrogen) atoms. The largest absolute Gasteiger partial charge is 0.462 e. The van der Waals surface area contributed by atoms with Crippen LogP contribution in [0.25, 0.3) is 0 Å². The number of benzene rings is 1. The highest BCUT2D eigenvalue weighted by molar-refractivity contribution is 6.03. The Bertz CT molecular complexity index is 701. The average molecular weight is 328 g/mol. The van der Waals surface area contributed by atoms with Crippen LogP contribution in [0.3, 0.4) is 0 Å². The van der Waals surface area contributed by atoms with E-state index in [1.165, 1.54) is 6.20 Å². The van der Waals surface area contributed by atoms with Crippen LogP contribution in [0.5, 0.6) is 0 Å². The molecule has 2 rings (SSSR count). The van der Waals surface area contributed by atoms with Gasteiger partial charge in [-0.1, -0.05) is 6.92 Å². The number of hydrogen-bond acceptors (Lipinski definition) is 6. The van der Waals surface area contributed by atoms with Crippen molar-refractivity contribution < 1.29 is 14.3 Å². The molecule has 0 saturated heterocycles. The molecule has 7 heteroatoms. The molecule has 0 saturated carbocycles. The quantitative estimate of drug-likeness (QED) is 0.759. The van der Waals surface area contributed by atoms with Crippen LogP contribution in [0.2, 0.25) is 0 Å². The van der Waals surface area contributed by atoms with Crippen LogP contribution in [0.4, 0.5) is 11.6 Å². The molecule has 1 amide bonds. The van der Waals surface area contributed by atoms with E-state index in [1.54, 1.807) is 37.3 Å². The van der Waals surface area contributed by atoms with Crippen molar-refractivity contribution in [1.29, 1.82) is 0 Å². The van der Waals surface area contributed by atoms with Crippen LogP contribution >= 0.6 is 0 Å². The Morgan fingerprint density at radius 3 is 2.54 bits per heavy atom. The number of nitrogens with zero attached hydrogens (tertiary/aromatic N) is 2. The summed E-state index contributed by atoms with van der Waals surface area (Å²) in [4.78, 5) is 32.1. The molecule has 0 bridgehead atoms. The maximum atomic E-state index is 12.2. The molecule has 1 aromatic carbocycles. The van der Waals surface area contributed by atoms with Gasteiger partial charge in [-0.2, -0.15) is 0 Å². The third-order valence-corrected chi connectivity index (χ3v) is 3.08. The van der Waals surface area contributed by atoms with Crippen LogP contribution in [0.15, 0.2) is 36.5 Å². The first kappa shape index (κ1) is 17.4. The third-order valence-electron chi connectivity index (χ3n) is 3.08. The lowest BCUT2D eigenvalue weighted by molar-refractivity contribution is 0.0526. The van der Waals surface area contributed by atoms with Gasteiger partial charge in [0.1, 0.15) is 5.69 Å². The first-order valence-electron chi connectivity index (χ1n) is 7.79. The summed E-state index contributed by atoms with van der Waals surface area (Å²) >= 11 is 0. The zero-order chi connectivity index (χ0) is 17.4. The molecule has 7 nitrogen and oxygen atoms in total. The summed E-state index contributed by atoms with van der Waals surface area (Å²) in [6, 6.07) is 8.02. The molecular formula is C17H20N4O3. The van der Waals surface area contributed by atoms with E-state index in [-0.39, 0.29) is 11.6 Å². The van der Waals surface area contributed by atoms with E-state index in [1.807, 2.05) is 6.92 Å². The van der Waals surface area contributed by atoms with Crippen LogP contribution < -0.4 is 10.6 Å². The molecule has 1 heterocycles. The number of aromatic nitrogens is 2. The fraction of sp³-hybridized carbons (Fsp3) is 0.294. The minimum absolute atomic E-state index is 0.262. The number of amides is 1. The molecule has 0 aliphatic heterocycles. The first-order valence-corrected chi connectivity index (χ1v) is 7.79. The maximum absolute atomic E-state index is 12.2. The van der Waals surface area contributed by atoms with E-state index >= 15 is 0 Å². The minimum Gasteiger partial charge on any atom is -0.462 e. The van der Waals surface area contributed by atoms with Crippen LogP contribution in [0.1, 0.15) is 41.1 Å². The molecule has 0 unspecified atom stereocenters. The summed E-state index contributed by atoms with van der Waals surface area (Å²) in [6.45, 7) is 4.83. The van der Waals surface area contributed by atoms with Crippen LogP contribution in [-0.4, -0.2) is 35.0 Å². The van der Waals surface area contributed by atoms with Gasteiger partial charge in [0.25, 0.3) is 5.91 Å². The van der Waals surface area contributed by atoms with Crippen molar-refractivity contribution >= 4 is 23.5 Å². The fourth-order valence-electron chi connectivity index (χ4n) is 1.91. The lowest BCUT2D eigenvalue weighted by Crippen LogP contribution is -2.15. The van der Waals surface area contributed by atoms with Crippen molar-refractivity contribution in [3.63, 3.8) is 0 Å². The summed E-state index contributed by atoms with van der Waals surface area (Å²) < 4.78 is 4.91. The van der Waals surface area contributed by atoms with Gasteiger partial charge in [0, 0.05) is 18.4 Å². The van der Waals surface area contributed by atoms with Gasteiger partial charge in [-0.25, -0.2) is 14.8 Å². The smallest absolute Gasteiger partial charge is 0.338 e. The highest BCUT2D eigenvalue weighted by Crippen LogP contribution is 2.12. The summed E-state index contributed by atoms with van der Waals surface area (Å²) in [6.07, 6.45) is 2.47. The maximum Gasteiger partial charge on any atom is 0.338 e. The number of ether oxygens (including phenoxy) is 1. The zero-order valence-corrected chi connectivity index (χ0v) is 13.7. The highest BCUT2D eigenvalue weighted by Gasteiger charge is 2.10. The van der Waals surface area contributed by atoms with Gasteiger partial charge in [0.15, 0.2) is 0 Å². The SMILES string of the molecule is CCCNc1nccc(C(=O)Nc2ccc(C(=O)OCC)cc2)n1. The fourth-order valence-corrected chi connectivity index (χ4v) is 1.91. The molecule has 0 spiro atoms. The lowest BCUT2D eigenvalue weighted by atomic mass is 10.2. The lowest BCUT2D eigenvalue weighted by Gasteiger charge is -2.07. The Morgan fingerprint density at radius 2 is 1.88 bits per heavy atom. The van der Waals surface area contributed by atoms with Crippen molar-refractivity contribution in [2.24, 2.45) is 0 Å². The van der Waals surface area contributed by atoms with Gasteiger partial charge in [-0.05, 0) is 43.7 Å². The molecule has 126 valence electrons. The number of carbonyl (C=O) groups excluding carboxylic acids is 2. The number of esters is 1. The van der Waals surface area contributed by atoms with Crippen molar-refractivity contribution in [3.8, 4) is 0 Å². The van der Waals surface area contributed by atoms with Gasteiger partial charge in [-0.15, -0.1) is 0 Å². The second kappa shape index (κ2) is 8.61. The van der Waals surface area contributed by atoms with Gasteiger partial charge < -0.3 is 15.4 Å². The number of anilines is 2. The monoisotopic (exact) mass is 328 g/mol. The normalized spacial score (nSPS) is 10.1. The van der Waals surface area contributed by atoms with Crippen molar-refractivity contribution in [1.82, 2.24) is 9.97 Å². The Kier molecular flexibility index (Phi) is 6.24. The van der Waals surface area contributed by atoms with E-state index in [2.05, 4.69) is 20.6 Å². The van der Waals surface area contributed by atoms with Crippen LogP contribution in [-0.2, 0) is 4.74 Å². The Balaban J connectivity index is 2.02. The van der Waals surface area contributed by atoms with Gasteiger partial charge in [-0.3, -0.25) is 4.79 Å². The summed E-state index contributed by atoms with van der Waals surface area (Å²) in [5.74, 6) is -0.319. The second-order valence-electron chi connectivity index (χ2n) is 4.94. The van der Waals surface area contributed by atoms with E-state index < -0.39 is 5.97 Å². The highest BCUT2D eigenvalue weighted by atomic mass is 16.5. The number of nitrogens with one attached hydrogen (secondary N) is 2. The van der Waals surface area contributed by atoms with E-state index in [0.717, 1.165) is 13.0 Å². The predicted molar refractivity (Wildman–Crippen MR) is 91.2 cm³/mol. The van der Waals surface area contributed by atoms with E-state index in [9.17, 15) is 9.59 Å². The molecule has 2 N–H and O–H groups in total. The van der Waals surface area contributed by atoms with Crippen molar-refractivity contribution in [3.05, 3.63) is 47.8 Å². The average Bonchev–Trinajstić information content (AvgIpc) is 2.61. The third kappa shape index (κ3) is 4.77. The summed E-state index contributed by atoms with van der Waals surface area (Å²) in [5.41, 5.74) is 1.26. The number of hydrogen-bond donors (Lipinski definition) is 2. The molecule has 0 aliphatic carbocycles. The van der Waals surface area contributed by atoms with Gasteiger partial charge in [0.05, 0.1) is 12.2 Å². The molecule has 0 atom stereocenters. The van der Waals surface area contributed by atoms with Crippen molar-refractivity contribution in [2.75, 3.05) is 23.8 Å². The van der Waals surface area contributed by atoms with E-state index in [4.69, 9.17) is 4.74 Å². The summed E-state index contributed by atoms with van der Waals surface area (Å²) in [7, 11) is 0. The molecule has 0 radical (unpaired) electrons. The topological polar surface area (TPSA) is 93.2 Å². The molecule has 1 aromatic heterocycles. The Morgan fingerprint density at radius 1 is 1.12 bits per heavy atom. The van der Waals surface area contributed by atoms with Gasteiger partial charge in [0.2, 0.25) is 5.95 Å². The van der Waals surface area contributed by atoms with Gasteiger partial charge >= 0.3 is 5.97 Å². The zero-order valence-electron chi connectivity index (χ0n) is 13.7. The molecule has 2 aromatic rings. The molecule has 0 aliphatic rings. The minimum atomic E-state index is -0.391.